The van der Waals surface area contributed by atoms with E-state index in [1.54, 1.807) is 6.20 Å². The van der Waals surface area contributed by atoms with E-state index in [1.807, 2.05) is 6.07 Å². The van der Waals surface area contributed by atoms with Gasteiger partial charge in [-0.2, -0.15) is 0 Å². The lowest BCUT2D eigenvalue weighted by Crippen LogP contribution is -2.41. The molecule has 0 saturated carbocycles. The number of carbonyl (C=O) groups excluding carboxylic acids is 1. The van der Waals surface area contributed by atoms with Crippen molar-refractivity contribution >= 4 is 11.9 Å². The first-order valence-electron chi connectivity index (χ1n) is 8.83. The van der Waals surface area contributed by atoms with Crippen LogP contribution >= 0.6 is 0 Å². The third-order valence-corrected chi connectivity index (χ3v) is 4.80. The van der Waals surface area contributed by atoms with Gasteiger partial charge in [-0.1, -0.05) is 45.0 Å². The summed E-state index contributed by atoms with van der Waals surface area (Å²) >= 11 is 0. The minimum Gasteiger partial charge on any atom is -0.369 e. The minimum atomic E-state index is -0.237. The van der Waals surface area contributed by atoms with Crippen LogP contribution in [-0.2, 0) is 10.2 Å². The molecule has 2 N–H and O–H groups in total. The van der Waals surface area contributed by atoms with Gasteiger partial charge in [0.05, 0.1) is 11.6 Å². The van der Waals surface area contributed by atoms with Crippen LogP contribution in [0.2, 0.25) is 0 Å². The zero-order chi connectivity index (χ0) is 18.0. The summed E-state index contributed by atoms with van der Waals surface area (Å²) in [6, 6.07) is 10.4. The Morgan fingerprint density at radius 3 is 2.56 bits per heavy atom. The molecule has 2 heterocycles. The van der Waals surface area contributed by atoms with Crippen LogP contribution in [0, 0.1) is 5.92 Å². The summed E-state index contributed by atoms with van der Waals surface area (Å²) < 4.78 is 0. The SMILES string of the molecule is CC(C)(C)c1ccc(-c2ccnc(N3CCCC(C(N)=O)C3)n2)cc1. The predicted molar refractivity (Wildman–Crippen MR) is 100 cm³/mol. The van der Waals surface area contributed by atoms with Crippen LogP contribution in [0.5, 0.6) is 0 Å². The first kappa shape index (κ1) is 17.4. The second kappa shape index (κ2) is 6.82. The normalized spacial score (nSPS) is 18.2. The molecule has 1 amide bonds. The molecular weight excluding hydrogens is 312 g/mol. The lowest BCUT2D eigenvalue weighted by Gasteiger charge is -2.31. The Balaban J connectivity index is 1.83. The van der Waals surface area contributed by atoms with E-state index in [2.05, 4.69) is 54.9 Å². The average Bonchev–Trinajstić information content (AvgIpc) is 2.61. The lowest BCUT2D eigenvalue weighted by molar-refractivity contribution is -0.122. The maximum Gasteiger partial charge on any atom is 0.225 e. The number of hydrogen-bond donors (Lipinski definition) is 1. The monoisotopic (exact) mass is 338 g/mol. The quantitative estimate of drug-likeness (QED) is 0.933. The van der Waals surface area contributed by atoms with Crippen LogP contribution in [0.15, 0.2) is 36.5 Å². The highest BCUT2D eigenvalue weighted by molar-refractivity contribution is 5.77. The number of primary amides is 1. The van der Waals surface area contributed by atoms with Crippen molar-refractivity contribution in [3.63, 3.8) is 0 Å². The molecular formula is C20H26N4O. The molecule has 1 aromatic carbocycles. The number of amides is 1. The van der Waals surface area contributed by atoms with Crippen LogP contribution < -0.4 is 10.6 Å². The van der Waals surface area contributed by atoms with Gasteiger partial charge in [0, 0.05) is 24.8 Å². The van der Waals surface area contributed by atoms with Gasteiger partial charge in [-0.15, -0.1) is 0 Å². The molecule has 132 valence electrons. The van der Waals surface area contributed by atoms with Crippen molar-refractivity contribution in [1.82, 2.24) is 9.97 Å². The van der Waals surface area contributed by atoms with Crippen molar-refractivity contribution in [2.24, 2.45) is 11.7 Å². The molecule has 1 unspecified atom stereocenters. The van der Waals surface area contributed by atoms with Gasteiger partial charge in [-0.05, 0) is 29.9 Å². The molecule has 1 fully saturated rings. The van der Waals surface area contributed by atoms with E-state index in [4.69, 9.17) is 10.7 Å². The molecule has 1 aliphatic heterocycles. The largest absolute Gasteiger partial charge is 0.369 e. The Kier molecular flexibility index (Phi) is 4.75. The van der Waals surface area contributed by atoms with Gasteiger partial charge in [0.15, 0.2) is 0 Å². The third kappa shape index (κ3) is 3.98. The summed E-state index contributed by atoms with van der Waals surface area (Å²) in [5.41, 5.74) is 8.86. The van der Waals surface area contributed by atoms with E-state index in [0.29, 0.717) is 12.5 Å². The highest BCUT2D eigenvalue weighted by Crippen LogP contribution is 2.26. The van der Waals surface area contributed by atoms with Gasteiger partial charge >= 0.3 is 0 Å². The summed E-state index contributed by atoms with van der Waals surface area (Å²) in [5.74, 6) is 0.314. The van der Waals surface area contributed by atoms with E-state index >= 15 is 0 Å². The maximum absolute atomic E-state index is 11.5. The molecule has 3 rings (SSSR count). The Bertz CT molecular complexity index is 749. The van der Waals surface area contributed by atoms with Crippen molar-refractivity contribution in [1.29, 1.82) is 0 Å². The van der Waals surface area contributed by atoms with Crippen LogP contribution in [-0.4, -0.2) is 29.0 Å². The summed E-state index contributed by atoms with van der Waals surface area (Å²) in [6.07, 6.45) is 3.56. The van der Waals surface area contributed by atoms with E-state index in [0.717, 1.165) is 30.6 Å². The number of piperidine rings is 1. The second-order valence-corrected chi connectivity index (χ2v) is 7.76. The second-order valence-electron chi connectivity index (χ2n) is 7.76. The summed E-state index contributed by atoms with van der Waals surface area (Å²) in [4.78, 5) is 22.7. The van der Waals surface area contributed by atoms with Gasteiger partial charge in [0.2, 0.25) is 11.9 Å². The van der Waals surface area contributed by atoms with Gasteiger partial charge in [0.1, 0.15) is 0 Å². The van der Waals surface area contributed by atoms with Gasteiger partial charge in [0.25, 0.3) is 0 Å². The van der Waals surface area contributed by atoms with Crippen molar-refractivity contribution in [2.75, 3.05) is 18.0 Å². The smallest absolute Gasteiger partial charge is 0.225 e. The zero-order valence-corrected chi connectivity index (χ0v) is 15.2. The highest BCUT2D eigenvalue weighted by atomic mass is 16.1. The molecule has 1 saturated heterocycles. The molecule has 5 nitrogen and oxygen atoms in total. The number of anilines is 1. The van der Waals surface area contributed by atoms with Gasteiger partial charge in [-0.25, -0.2) is 9.97 Å². The number of rotatable bonds is 3. The number of hydrogen-bond acceptors (Lipinski definition) is 4. The number of aromatic nitrogens is 2. The number of nitrogens with zero attached hydrogens (tertiary/aromatic N) is 3. The van der Waals surface area contributed by atoms with Crippen LogP contribution in [0.3, 0.4) is 0 Å². The first-order chi connectivity index (χ1) is 11.8. The fourth-order valence-corrected chi connectivity index (χ4v) is 3.19. The fraction of sp³-hybridized carbons (Fsp3) is 0.450. The minimum absolute atomic E-state index is 0.118. The lowest BCUT2D eigenvalue weighted by atomic mass is 9.86. The molecule has 25 heavy (non-hydrogen) atoms. The summed E-state index contributed by atoms with van der Waals surface area (Å²) in [6.45, 7) is 8.07. The fourth-order valence-electron chi connectivity index (χ4n) is 3.19. The molecule has 5 heteroatoms. The summed E-state index contributed by atoms with van der Waals surface area (Å²) in [7, 11) is 0. The van der Waals surface area contributed by atoms with Gasteiger partial charge < -0.3 is 10.6 Å². The predicted octanol–water partition coefficient (Wildman–Crippen LogP) is 3.14. The molecule has 0 spiro atoms. The van der Waals surface area contributed by atoms with Crippen molar-refractivity contribution in [3.05, 3.63) is 42.1 Å². The van der Waals surface area contributed by atoms with Crippen LogP contribution in [0.25, 0.3) is 11.3 Å². The number of carbonyl (C=O) groups is 1. The van der Waals surface area contributed by atoms with E-state index in [-0.39, 0.29) is 17.2 Å². The summed E-state index contributed by atoms with van der Waals surface area (Å²) in [5, 5.41) is 0. The molecule has 0 radical (unpaired) electrons. The molecule has 0 bridgehead atoms. The Hall–Kier alpha value is -2.43. The van der Waals surface area contributed by atoms with Crippen LogP contribution in [0.1, 0.15) is 39.2 Å². The zero-order valence-electron chi connectivity index (χ0n) is 15.2. The molecule has 1 aromatic heterocycles. The molecule has 1 atom stereocenters. The Morgan fingerprint density at radius 2 is 1.92 bits per heavy atom. The van der Waals surface area contributed by atoms with Gasteiger partial charge in [-0.3, -0.25) is 4.79 Å². The third-order valence-electron chi connectivity index (χ3n) is 4.80. The Labute approximate surface area is 149 Å². The standard InChI is InChI=1S/C20H26N4O/c1-20(2,3)16-8-6-14(7-9-16)17-10-11-22-19(23-17)24-12-4-5-15(13-24)18(21)25/h6-11,15H,4-5,12-13H2,1-3H3,(H2,21,25). The van der Waals surface area contributed by atoms with E-state index in [1.165, 1.54) is 5.56 Å². The molecule has 1 aliphatic rings. The maximum atomic E-state index is 11.5. The van der Waals surface area contributed by atoms with Crippen molar-refractivity contribution < 1.29 is 4.79 Å². The molecule has 0 aliphatic carbocycles. The van der Waals surface area contributed by atoms with Crippen molar-refractivity contribution in [3.8, 4) is 11.3 Å². The highest BCUT2D eigenvalue weighted by Gasteiger charge is 2.25. The van der Waals surface area contributed by atoms with E-state index < -0.39 is 0 Å². The first-order valence-corrected chi connectivity index (χ1v) is 8.83. The Morgan fingerprint density at radius 1 is 1.20 bits per heavy atom. The molecule has 2 aromatic rings. The topological polar surface area (TPSA) is 72.1 Å². The average molecular weight is 338 g/mol. The van der Waals surface area contributed by atoms with E-state index in [9.17, 15) is 4.79 Å². The van der Waals surface area contributed by atoms with Crippen LogP contribution in [0.4, 0.5) is 5.95 Å². The number of benzene rings is 1. The van der Waals surface area contributed by atoms with Crippen molar-refractivity contribution in [2.45, 2.75) is 39.0 Å². The number of nitrogens with two attached hydrogens (primary N) is 1.